The minimum absolute atomic E-state index is 0.516. The summed E-state index contributed by atoms with van der Waals surface area (Å²) in [4.78, 5) is 11.0. The van der Waals surface area contributed by atoms with E-state index in [1.165, 1.54) is 7.05 Å². The Labute approximate surface area is 94.9 Å². The Hall–Kier alpha value is -1.15. The van der Waals surface area contributed by atoms with Crippen LogP contribution in [0.25, 0.3) is 0 Å². The summed E-state index contributed by atoms with van der Waals surface area (Å²) in [6, 6.07) is 0. The van der Waals surface area contributed by atoms with Gasteiger partial charge in [0.25, 0.3) is 0 Å². The highest BCUT2D eigenvalue weighted by Crippen LogP contribution is 2.17. The number of sulfone groups is 2. The van der Waals surface area contributed by atoms with Gasteiger partial charge in [0, 0.05) is 17.9 Å². The number of hydrogen-bond donors (Lipinski definition) is 1. The molecule has 0 fully saturated rings. The average molecular weight is 267 g/mol. The Morgan fingerprint density at radius 2 is 1.56 bits per heavy atom. The van der Waals surface area contributed by atoms with Crippen molar-refractivity contribution < 1.29 is 21.6 Å². The monoisotopic (exact) mass is 267 g/mol. The van der Waals surface area contributed by atoms with Crippen LogP contribution in [0, 0.1) is 0 Å². The van der Waals surface area contributed by atoms with E-state index in [-0.39, 0.29) is 0 Å². The summed E-state index contributed by atoms with van der Waals surface area (Å²) < 4.78 is 43.9. The summed E-state index contributed by atoms with van der Waals surface area (Å²) in [6.45, 7) is 6.03. The molecule has 0 aromatic carbocycles. The van der Waals surface area contributed by atoms with Gasteiger partial charge in [-0.1, -0.05) is 13.2 Å². The van der Waals surface area contributed by atoms with Crippen molar-refractivity contribution in [3.05, 3.63) is 24.0 Å². The third kappa shape index (κ3) is 3.46. The van der Waals surface area contributed by atoms with Crippen molar-refractivity contribution in [1.82, 2.24) is 5.32 Å². The zero-order chi connectivity index (χ0) is 13.0. The van der Waals surface area contributed by atoms with Gasteiger partial charge in [-0.15, -0.1) is 0 Å². The Kier molecular flexibility index (Phi) is 4.88. The maximum atomic E-state index is 11.4. The van der Waals surface area contributed by atoms with Gasteiger partial charge in [0.1, 0.15) is 0 Å². The van der Waals surface area contributed by atoms with Crippen molar-refractivity contribution >= 4 is 25.6 Å². The van der Waals surface area contributed by atoms with E-state index >= 15 is 0 Å². The Morgan fingerprint density at radius 3 is 1.81 bits per heavy atom. The van der Waals surface area contributed by atoms with Crippen molar-refractivity contribution in [1.29, 1.82) is 0 Å². The van der Waals surface area contributed by atoms with Gasteiger partial charge < -0.3 is 5.32 Å². The first kappa shape index (κ1) is 14.8. The van der Waals surface area contributed by atoms with Crippen LogP contribution >= 0.6 is 0 Å². The van der Waals surface area contributed by atoms with Crippen molar-refractivity contribution in [3.8, 4) is 0 Å². The largest absolute Gasteiger partial charge is 0.359 e. The molecule has 1 N–H and O–H groups in total. The number of carbonyl (C=O) groups excluding carboxylic acids is 1. The quantitative estimate of drug-likeness (QED) is 0.704. The molecule has 0 unspecified atom stereocenters. The first-order valence-corrected chi connectivity index (χ1v) is 7.36. The van der Waals surface area contributed by atoms with Crippen LogP contribution in [0.4, 0.5) is 0 Å². The minimum Gasteiger partial charge on any atom is -0.359 e. The van der Waals surface area contributed by atoms with Crippen molar-refractivity contribution in [2.75, 3.05) is 7.05 Å². The van der Waals surface area contributed by atoms with Gasteiger partial charge in [0.2, 0.25) is 5.91 Å². The first-order chi connectivity index (χ1) is 7.21. The summed E-state index contributed by atoms with van der Waals surface area (Å²) in [7, 11) is -6.90. The molecular formula is C8H13NO5S2. The fourth-order valence-corrected chi connectivity index (χ4v) is 4.05. The third-order valence-electron chi connectivity index (χ3n) is 1.83. The lowest BCUT2D eigenvalue weighted by Gasteiger charge is -2.12. The zero-order valence-corrected chi connectivity index (χ0v) is 10.3. The molecule has 6 nitrogen and oxygen atoms in total. The Morgan fingerprint density at radius 1 is 1.19 bits per heavy atom. The lowest BCUT2D eigenvalue weighted by atomic mass is 10.4. The van der Waals surface area contributed by atoms with Crippen LogP contribution in [0.3, 0.4) is 0 Å². The van der Waals surface area contributed by atoms with Crippen LogP contribution in [-0.2, 0) is 24.5 Å². The molecule has 0 aliphatic carbocycles. The van der Waals surface area contributed by atoms with Crippen LogP contribution in [-0.4, -0.2) is 34.4 Å². The summed E-state index contributed by atoms with van der Waals surface area (Å²) in [5.74, 6) is -0.694. The van der Waals surface area contributed by atoms with Gasteiger partial charge in [-0.2, -0.15) is 0 Å². The molecule has 1 amide bonds. The van der Waals surface area contributed by atoms with Gasteiger partial charge in [0.15, 0.2) is 24.3 Å². The molecule has 0 aliphatic heterocycles. The van der Waals surface area contributed by atoms with Crippen molar-refractivity contribution in [2.24, 2.45) is 0 Å². The van der Waals surface area contributed by atoms with E-state index in [1.807, 2.05) is 0 Å². The summed E-state index contributed by atoms with van der Waals surface area (Å²) in [5.41, 5.74) is 0. The van der Waals surface area contributed by atoms with Crippen LogP contribution in [0.5, 0.6) is 0 Å². The SMILES string of the molecule is C=CS(=O)(=O)C(CC(=O)NC)S(=O)(=O)C=C. The summed E-state index contributed by atoms with van der Waals surface area (Å²) in [5, 5.41) is 3.18. The zero-order valence-electron chi connectivity index (χ0n) is 8.71. The predicted octanol–water partition coefficient (Wildman–Crippen LogP) is -0.435. The molecule has 8 heteroatoms. The summed E-state index contributed by atoms with van der Waals surface area (Å²) in [6.07, 6.45) is -0.681. The standard InChI is InChI=1S/C8H13NO5S2/c1-4-15(11,12)8(6-7(10)9-3)16(13,14)5-2/h4-5,8H,1-2,6H2,3H3,(H,9,10). The second kappa shape index (κ2) is 5.26. The highest BCUT2D eigenvalue weighted by molar-refractivity contribution is 8.11. The molecule has 0 saturated carbocycles. The molecule has 0 radical (unpaired) electrons. The van der Waals surface area contributed by atoms with Crippen LogP contribution in [0.15, 0.2) is 24.0 Å². The average Bonchev–Trinajstić information content (AvgIpc) is 2.24. The highest BCUT2D eigenvalue weighted by Gasteiger charge is 2.35. The fraction of sp³-hybridized carbons (Fsp3) is 0.375. The van der Waals surface area contributed by atoms with Gasteiger partial charge >= 0.3 is 0 Å². The fourth-order valence-electron chi connectivity index (χ4n) is 0.887. The van der Waals surface area contributed by atoms with E-state index in [9.17, 15) is 21.6 Å². The number of carbonyl (C=O) groups is 1. The molecule has 0 heterocycles. The molecule has 0 rings (SSSR count). The number of amides is 1. The molecule has 0 aromatic heterocycles. The number of hydrogen-bond acceptors (Lipinski definition) is 5. The van der Waals surface area contributed by atoms with E-state index in [4.69, 9.17) is 0 Å². The molecule has 0 atom stereocenters. The third-order valence-corrected chi connectivity index (χ3v) is 6.17. The maximum absolute atomic E-state index is 11.4. The van der Waals surface area contributed by atoms with E-state index in [1.54, 1.807) is 0 Å². The highest BCUT2D eigenvalue weighted by atomic mass is 32.3. The second-order valence-electron chi connectivity index (χ2n) is 2.82. The van der Waals surface area contributed by atoms with Gasteiger partial charge in [-0.25, -0.2) is 16.8 Å². The van der Waals surface area contributed by atoms with Gasteiger partial charge in [-0.3, -0.25) is 4.79 Å². The molecule has 16 heavy (non-hydrogen) atoms. The molecule has 0 aliphatic rings. The lowest BCUT2D eigenvalue weighted by molar-refractivity contribution is -0.120. The van der Waals surface area contributed by atoms with Crippen LogP contribution < -0.4 is 5.32 Å². The van der Waals surface area contributed by atoms with Crippen molar-refractivity contribution in [3.63, 3.8) is 0 Å². The Bertz CT molecular complexity index is 451. The molecule has 0 aromatic rings. The Balaban J connectivity index is 5.50. The summed E-state index contributed by atoms with van der Waals surface area (Å²) >= 11 is 0. The van der Waals surface area contributed by atoms with Crippen molar-refractivity contribution in [2.45, 2.75) is 11.0 Å². The normalized spacial score (nSPS) is 12.1. The molecule has 92 valence electrons. The molecular weight excluding hydrogens is 254 g/mol. The van der Waals surface area contributed by atoms with E-state index in [0.29, 0.717) is 10.8 Å². The van der Waals surface area contributed by atoms with Crippen LogP contribution in [0.2, 0.25) is 0 Å². The topological polar surface area (TPSA) is 97.4 Å². The van der Waals surface area contributed by atoms with Gasteiger partial charge in [-0.05, 0) is 0 Å². The molecule has 0 bridgehead atoms. The van der Waals surface area contributed by atoms with E-state index in [0.717, 1.165) is 0 Å². The van der Waals surface area contributed by atoms with Gasteiger partial charge in [0.05, 0.1) is 6.42 Å². The molecule has 0 spiro atoms. The minimum atomic E-state index is -4.09. The predicted molar refractivity (Wildman–Crippen MR) is 60.7 cm³/mol. The number of rotatable bonds is 6. The maximum Gasteiger partial charge on any atom is 0.222 e. The second-order valence-corrected chi connectivity index (χ2v) is 7.28. The van der Waals surface area contributed by atoms with Crippen LogP contribution in [0.1, 0.15) is 6.42 Å². The first-order valence-electron chi connectivity index (χ1n) is 4.14. The van der Waals surface area contributed by atoms with E-state index in [2.05, 4.69) is 18.5 Å². The lowest BCUT2D eigenvalue weighted by Crippen LogP contribution is -2.33. The van der Waals surface area contributed by atoms with E-state index < -0.39 is 36.6 Å². The smallest absolute Gasteiger partial charge is 0.222 e. The number of nitrogens with one attached hydrogen (secondary N) is 1. The molecule has 0 saturated heterocycles.